The Hall–Kier alpha value is -2.34. The van der Waals surface area contributed by atoms with Crippen molar-refractivity contribution in [1.82, 2.24) is 0 Å². The highest BCUT2D eigenvalue weighted by Gasteiger charge is 2.25. The number of hydrogen-bond acceptors (Lipinski definition) is 3. The van der Waals surface area contributed by atoms with Gasteiger partial charge in [-0.3, -0.25) is 9.10 Å². The summed E-state index contributed by atoms with van der Waals surface area (Å²) in [7, 11) is -3.82. The molecule has 0 fully saturated rings. The van der Waals surface area contributed by atoms with E-state index < -0.39 is 22.5 Å². The number of amides is 1. The zero-order valence-electron chi connectivity index (χ0n) is 10.6. The van der Waals surface area contributed by atoms with Crippen molar-refractivity contribution in [2.24, 2.45) is 5.73 Å². The maximum absolute atomic E-state index is 12.6. The summed E-state index contributed by atoms with van der Waals surface area (Å²) in [5.74, 6) is -0.714. The molecule has 0 heterocycles. The molecule has 0 aliphatic heterocycles. The number of carbonyl (C=O) groups is 1. The van der Waals surface area contributed by atoms with Crippen LogP contribution >= 0.6 is 0 Å². The molecule has 0 unspecified atom stereocenters. The first-order chi connectivity index (χ1) is 9.51. The molecule has 0 saturated heterocycles. The van der Waals surface area contributed by atoms with Crippen LogP contribution in [0.25, 0.3) is 0 Å². The number of carbonyl (C=O) groups excluding carboxylic acids is 1. The number of anilines is 1. The van der Waals surface area contributed by atoms with Gasteiger partial charge in [-0.25, -0.2) is 8.42 Å². The predicted molar refractivity (Wildman–Crippen MR) is 76.6 cm³/mol. The largest absolute Gasteiger partial charge is 0.368 e. The van der Waals surface area contributed by atoms with Crippen molar-refractivity contribution < 1.29 is 13.2 Å². The Bertz CT molecular complexity index is 685. The molecule has 2 N–H and O–H groups in total. The molecule has 0 atom stereocenters. The van der Waals surface area contributed by atoms with E-state index in [1.807, 2.05) is 0 Å². The van der Waals surface area contributed by atoms with Gasteiger partial charge in [-0.15, -0.1) is 0 Å². The zero-order valence-corrected chi connectivity index (χ0v) is 11.5. The molecule has 20 heavy (non-hydrogen) atoms. The summed E-state index contributed by atoms with van der Waals surface area (Å²) in [6.45, 7) is -0.402. The normalized spacial score (nSPS) is 11.0. The molecule has 1 amide bonds. The number of hydrogen-bond donors (Lipinski definition) is 1. The monoisotopic (exact) mass is 290 g/mol. The van der Waals surface area contributed by atoms with Crippen molar-refractivity contribution in [2.45, 2.75) is 4.90 Å². The van der Waals surface area contributed by atoms with E-state index >= 15 is 0 Å². The Morgan fingerprint density at radius 1 is 0.950 bits per heavy atom. The molecule has 0 aromatic heterocycles. The Morgan fingerprint density at radius 3 is 1.95 bits per heavy atom. The summed E-state index contributed by atoms with van der Waals surface area (Å²) >= 11 is 0. The number of primary amides is 1. The topological polar surface area (TPSA) is 80.5 Å². The summed E-state index contributed by atoms with van der Waals surface area (Å²) in [5, 5.41) is 0. The fraction of sp³-hybridized carbons (Fsp3) is 0.0714. The van der Waals surface area contributed by atoms with Crippen LogP contribution in [-0.4, -0.2) is 20.9 Å². The summed E-state index contributed by atoms with van der Waals surface area (Å²) in [6.07, 6.45) is 0. The maximum atomic E-state index is 12.6. The minimum Gasteiger partial charge on any atom is -0.368 e. The predicted octanol–water partition coefficient (Wildman–Crippen LogP) is 1.37. The van der Waals surface area contributed by atoms with Gasteiger partial charge in [0.25, 0.3) is 10.0 Å². The van der Waals surface area contributed by atoms with Gasteiger partial charge in [-0.2, -0.15) is 0 Å². The summed E-state index contributed by atoms with van der Waals surface area (Å²) < 4.78 is 26.2. The van der Waals surface area contributed by atoms with E-state index in [4.69, 9.17) is 5.73 Å². The van der Waals surface area contributed by atoms with Gasteiger partial charge in [0.1, 0.15) is 6.54 Å². The van der Waals surface area contributed by atoms with E-state index in [-0.39, 0.29) is 4.90 Å². The van der Waals surface area contributed by atoms with E-state index in [2.05, 4.69) is 0 Å². The number of rotatable bonds is 5. The number of para-hydroxylation sites is 1. The van der Waals surface area contributed by atoms with Gasteiger partial charge in [0.05, 0.1) is 10.6 Å². The van der Waals surface area contributed by atoms with Crippen LogP contribution in [-0.2, 0) is 14.8 Å². The lowest BCUT2D eigenvalue weighted by Crippen LogP contribution is -2.38. The second-order valence-corrected chi connectivity index (χ2v) is 5.99. The van der Waals surface area contributed by atoms with Crippen LogP contribution in [0.2, 0.25) is 0 Å². The average Bonchev–Trinajstić information content (AvgIpc) is 2.46. The standard InChI is InChI=1S/C14H14N2O3S/c15-14(17)11-16(12-7-3-1-4-8-12)20(18,19)13-9-5-2-6-10-13/h1-10H,11H2,(H2,15,17). The molecule has 2 aromatic carbocycles. The van der Waals surface area contributed by atoms with Crippen molar-refractivity contribution in [2.75, 3.05) is 10.8 Å². The number of benzene rings is 2. The van der Waals surface area contributed by atoms with E-state index in [1.54, 1.807) is 48.5 Å². The zero-order chi connectivity index (χ0) is 14.6. The first-order valence-corrected chi connectivity index (χ1v) is 7.37. The highest BCUT2D eigenvalue weighted by molar-refractivity contribution is 7.92. The quantitative estimate of drug-likeness (QED) is 0.903. The van der Waals surface area contributed by atoms with Crippen molar-refractivity contribution in [3.8, 4) is 0 Å². The minimum absolute atomic E-state index is 0.116. The highest BCUT2D eigenvalue weighted by atomic mass is 32.2. The fourth-order valence-electron chi connectivity index (χ4n) is 1.77. The third kappa shape index (κ3) is 2.97. The molecule has 0 aliphatic carbocycles. The lowest BCUT2D eigenvalue weighted by atomic mass is 10.3. The van der Waals surface area contributed by atoms with Crippen LogP contribution in [0.3, 0.4) is 0 Å². The summed E-state index contributed by atoms with van der Waals surface area (Å²) in [5.41, 5.74) is 5.56. The highest BCUT2D eigenvalue weighted by Crippen LogP contribution is 2.22. The molecule has 0 radical (unpaired) electrons. The van der Waals surface area contributed by atoms with Crippen molar-refractivity contribution in [3.05, 3.63) is 60.7 Å². The van der Waals surface area contributed by atoms with Crippen LogP contribution in [0.15, 0.2) is 65.6 Å². The van der Waals surface area contributed by atoms with Crippen LogP contribution in [0, 0.1) is 0 Å². The first kappa shape index (κ1) is 14.1. The van der Waals surface area contributed by atoms with Crippen molar-refractivity contribution in [1.29, 1.82) is 0 Å². The molecule has 6 heteroatoms. The van der Waals surface area contributed by atoms with Gasteiger partial charge >= 0.3 is 0 Å². The van der Waals surface area contributed by atoms with E-state index in [0.717, 1.165) is 4.31 Å². The van der Waals surface area contributed by atoms with Gasteiger partial charge in [0.2, 0.25) is 5.91 Å². The van der Waals surface area contributed by atoms with Gasteiger partial charge in [-0.1, -0.05) is 36.4 Å². The Morgan fingerprint density at radius 2 is 1.45 bits per heavy atom. The van der Waals surface area contributed by atoms with Crippen molar-refractivity contribution in [3.63, 3.8) is 0 Å². The van der Waals surface area contributed by atoms with Crippen LogP contribution in [0.4, 0.5) is 5.69 Å². The van der Waals surface area contributed by atoms with E-state index in [1.165, 1.54) is 12.1 Å². The molecule has 104 valence electrons. The van der Waals surface area contributed by atoms with Crippen LogP contribution in [0.1, 0.15) is 0 Å². The first-order valence-electron chi connectivity index (χ1n) is 5.93. The summed E-state index contributed by atoms with van der Waals surface area (Å²) in [6, 6.07) is 16.3. The second-order valence-electron chi connectivity index (χ2n) is 4.13. The molecular weight excluding hydrogens is 276 g/mol. The lowest BCUT2D eigenvalue weighted by molar-refractivity contribution is -0.116. The Balaban J connectivity index is 2.49. The number of nitrogens with zero attached hydrogens (tertiary/aromatic N) is 1. The maximum Gasteiger partial charge on any atom is 0.264 e. The molecule has 2 rings (SSSR count). The third-order valence-electron chi connectivity index (χ3n) is 2.67. The molecule has 0 bridgehead atoms. The molecule has 0 spiro atoms. The van der Waals surface area contributed by atoms with Gasteiger partial charge in [-0.05, 0) is 24.3 Å². The van der Waals surface area contributed by atoms with Gasteiger partial charge in [0.15, 0.2) is 0 Å². The molecular formula is C14H14N2O3S. The Kier molecular flexibility index (Phi) is 4.05. The van der Waals surface area contributed by atoms with Crippen LogP contribution in [0.5, 0.6) is 0 Å². The van der Waals surface area contributed by atoms with Crippen LogP contribution < -0.4 is 10.0 Å². The Labute approximate surface area is 117 Å². The van der Waals surface area contributed by atoms with Gasteiger partial charge in [0, 0.05) is 0 Å². The minimum atomic E-state index is -3.82. The number of nitrogens with two attached hydrogens (primary N) is 1. The molecule has 0 saturated carbocycles. The fourth-order valence-corrected chi connectivity index (χ4v) is 3.22. The third-order valence-corrected chi connectivity index (χ3v) is 4.46. The smallest absolute Gasteiger partial charge is 0.264 e. The SMILES string of the molecule is NC(=O)CN(c1ccccc1)S(=O)(=O)c1ccccc1. The second kappa shape index (κ2) is 5.75. The average molecular weight is 290 g/mol. The van der Waals surface area contributed by atoms with Gasteiger partial charge < -0.3 is 5.73 Å². The van der Waals surface area contributed by atoms with E-state index in [9.17, 15) is 13.2 Å². The summed E-state index contributed by atoms with van der Waals surface area (Å²) in [4.78, 5) is 11.3. The molecule has 0 aliphatic rings. The lowest BCUT2D eigenvalue weighted by Gasteiger charge is -2.23. The van der Waals surface area contributed by atoms with Crippen molar-refractivity contribution >= 4 is 21.6 Å². The molecule has 2 aromatic rings. The number of sulfonamides is 1. The molecule has 5 nitrogen and oxygen atoms in total. The van der Waals surface area contributed by atoms with E-state index in [0.29, 0.717) is 5.69 Å².